The number of hydrogen-bond acceptors (Lipinski definition) is 4. The van der Waals surface area contributed by atoms with Gasteiger partial charge in [-0.3, -0.25) is 9.69 Å². The van der Waals surface area contributed by atoms with Gasteiger partial charge in [-0.2, -0.15) is 18.4 Å². The summed E-state index contributed by atoms with van der Waals surface area (Å²) in [6.07, 6.45) is -0.702. The number of nitriles is 1. The third-order valence-electron chi connectivity index (χ3n) is 6.99. The van der Waals surface area contributed by atoms with Crippen LogP contribution in [-0.2, 0) is 17.5 Å². The van der Waals surface area contributed by atoms with Crippen LogP contribution in [0.3, 0.4) is 0 Å². The second-order valence-corrected chi connectivity index (χ2v) is 10.2. The highest BCUT2D eigenvalue weighted by Gasteiger charge is 2.31. The molecule has 3 amide bonds. The van der Waals surface area contributed by atoms with Gasteiger partial charge < -0.3 is 15.7 Å². The Morgan fingerprint density at radius 1 is 1.00 bits per heavy atom. The third kappa shape index (κ3) is 8.22. The minimum Gasteiger partial charge on any atom is -0.479 e. The number of anilines is 2. The van der Waals surface area contributed by atoms with Crippen LogP contribution in [0, 0.1) is 11.3 Å². The van der Waals surface area contributed by atoms with Crippen molar-refractivity contribution in [3.8, 4) is 6.07 Å². The molecule has 8 nitrogen and oxygen atoms in total. The number of alkyl halides is 4. The van der Waals surface area contributed by atoms with Crippen LogP contribution < -0.4 is 15.5 Å². The molecule has 0 fully saturated rings. The number of aliphatic carboxylic acids is 1. The first-order valence-electron chi connectivity index (χ1n) is 13.7. The number of urea groups is 1. The topological polar surface area (TPSA) is 123 Å². The molecule has 4 rings (SSSR count). The molecule has 12 heteroatoms. The summed E-state index contributed by atoms with van der Waals surface area (Å²) in [6.45, 7) is -0.759. The van der Waals surface area contributed by atoms with E-state index in [0.717, 1.165) is 43.4 Å². The first kappa shape index (κ1) is 31.7. The standard InChI is InChI=1S/C32H28F4N4O4/c33-28(30(42)43)18-38-29(41)24-8-6-20(7-9-24)19-40(27-12-10-23(11-13-27)22-4-2-1-3-5-22)31(44)39-26-15-21(17-37)14-25(16-26)32(34,35)36/h4,6-16,28H,1-3,5,18-19H2,(H,38,41)(H,39,44)(H,42,43). The van der Waals surface area contributed by atoms with Gasteiger partial charge in [0.25, 0.3) is 5.91 Å². The molecule has 0 aromatic heterocycles. The summed E-state index contributed by atoms with van der Waals surface area (Å²) < 4.78 is 53.6. The molecule has 1 aliphatic rings. The van der Waals surface area contributed by atoms with Crippen LogP contribution in [0.15, 0.2) is 72.8 Å². The van der Waals surface area contributed by atoms with Crippen LogP contribution in [-0.4, -0.2) is 35.7 Å². The first-order chi connectivity index (χ1) is 20.9. The molecular weight excluding hydrogens is 580 g/mol. The summed E-state index contributed by atoms with van der Waals surface area (Å²) in [6, 6.07) is 16.6. The molecule has 3 N–H and O–H groups in total. The molecule has 3 aromatic rings. The number of halogens is 4. The van der Waals surface area contributed by atoms with E-state index in [-0.39, 0.29) is 23.4 Å². The minimum absolute atomic E-state index is 0.0502. The Morgan fingerprint density at radius 2 is 1.70 bits per heavy atom. The number of nitrogens with one attached hydrogen (secondary N) is 2. The maximum Gasteiger partial charge on any atom is 0.416 e. The van der Waals surface area contributed by atoms with Gasteiger partial charge in [0.2, 0.25) is 6.17 Å². The van der Waals surface area contributed by atoms with Gasteiger partial charge >= 0.3 is 18.2 Å². The van der Waals surface area contributed by atoms with Gasteiger partial charge in [0.1, 0.15) is 0 Å². The molecule has 0 aliphatic heterocycles. The van der Waals surface area contributed by atoms with Crippen molar-refractivity contribution in [1.29, 1.82) is 5.26 Å². The number of carbonyl (C=O) groups excluding carboxylic acids is 2. The van der Waals surface area contributed by atoms with E-state index in [9.17, 15) is 37.2 Å². The lowest BCUT2D eigenvalue weighted by Gasteiger charge is -2.24. The summed E-state index contributed by atoms with van der Waals surface area (Å²) in [7, 11) is 0. The molecular formula is C32H28F4N4O4. The van der Waals surface area contributed by atoms with Crippen molar-refractivity contribution in [2.45, 2.75) is 44.6 Å². The van der Waals surface area contributed by atoms with Crippen LogP contribution in [0.5, 0.6) is 0 Å². The van der Waals surface area contributed by atoms with Crippen LogP contribution in [0.2, 0.25) is 0 Å². The van der Waals surface area contributed by atoms with E-state index in [1.807, 2.05) is 12.1 Å². The van der Waals surface area contributed by atoms with E-state index in [4.69, 9.17) is 5.11 Å². The van der Waals surface area contributed by atoms with Crippen LogP contribution in [0.4, 0.5) is 33.7 Å². The molecule has 0 saturated heterocycles. The molecule has 1 unspecified atom stereocenters. The zero-order valence-corrected chi connectivity index (χ0v) is 23.3. The van der Waals surface area contributed by atoms with Gasteiger partial charge in [-0.1, -0.05) is 30.3 Å². The fourth-order valence-corrected chi connectivity index (χ4v) is 4.67. The van der Waals surface area contributed by atoms with Crippen molar-refractivity contribution < 1.29 is 37.1 Å². The zero-order chi connectivity index (χ0) is 31.9. The van der Waals surface area contributed by atoms with Gasteiger partial charge in [0.05, 0.1) is 30.3 Å². The number of hydrogen-bond donors (Lipinski definition) is 3. The van der Waals surface area contributed by atoms with Gasteiger partial charge in [0, 0.05) is 16.9 Å². The lowest BCUT2D eigenvalue weighted by molar-refractivity contribution is -0.142. The highest BCUT2D eigenvalue weighted by Crippen LogP contribution is 2.33. The van der Waals surface area contributed by atoms with Gasteiger partial charge in [-0.15, -0.1) is 0 Å². The zero-order valence-electron chi connectivity index (χ0n) is 23.3. The predicted molar refractivity (Wildman–Crippen MR) is 156 cm³/mol. The number of rotatable bonds is 9. The second-order valence-electron chi connectivity index (χ2n) is 10.2. The van der Waals surface area contributed by atoms with E-state index in [0.29, 0.717) is 17.3 Å². The number of amides is 3. The summed E-state index contributed by atoms with van der Waals surface area (Å²) in [5.74, 6) is -2.39. The fraction of sp³-hybridized carbons (Fsp3) is 0.250. The van der Waals surface area contributed by atoms with E-state index in [1.54, 1.807) is 30.3 Å². The van der Waals surface area contributed by atoms with E-state index in [1.165, 1.54) is 22.6 Å². The summed E-state index contributed by atoms with van der Waals surface area (Å²) >= 11 is 0. The molecule has 228 valence electrons. The molecule has 0 bridgehead atoms. The normalized spacial score (nSPS) is 13.7. The number of nitrogens with zero attached hydrogens (tertiary/aromatic N) is 2. The van der Waals surface area contributed by atoms with E-state index >= 15 is 0 Å². The van der Waals surface area contributed by atoms with Crippen molar-refractivity contribution in [3.63, 3.8) is 0 Å². The molecule has 1 atom stereocenters. The summed E-state index contributed by atoms with van der Waals surface area (Å²) in [5, 5.41) is 22.5. The Balaban J connectivity index is 1.59. The number of carboxylic acid groups (broad SMARTS) is 1. The molecule has 44 heavy (non-hydrogen) atoms. The summed E-state index contributed by atoms with van der Waals surface area (Å²) in [5.41, 5.74) is 1.74. The van der Waals surface area contributed by atoms with E-state index < -0.39 is 42.4 Å². The molecule has 0 radical (unpaired) electrons. The van der Waals surface area contributed by atoms with Crippen molar-refractivity contribution >= 4 is 34.9 Å². The van der Waals surface area contributed by atoms with Crippen molar-refractivity contribution in [2.24, 2.45) is 0 Å². The molecule has 3 aromatic carbocycles. The lowest BCUT2D eigenvalue weighted by Crippen LogP contribution is -2.35. The largest absolute Gasteiger partial charge is 0.479 e. The van der Waals surface area contributed by atoms with E-state index in [2.05, 4.69) is 16.7 Å². The Bertz CT molecular complexity index is 1600. The number of allylic oxidation sites excluding steroid dienone is 2. The Labute approximate surface area is 250 Å². The highest BCUT2D eigenvalue weighted by atomic mass is 19.4. The van der Waals surface area contributed by atoms with Gasteiger partial charge in [-0.05, 0) is 84.8 Å². The quantitative estimate of drug-likeness (QED) is 0.228. The molecule has 1 aliphatic carbocycles. The predicted octanol–water partition coefficient (Wildman–Crippen LogP) is 6.93. The average molecular weight is 609 g/mol. The lowest BCUT2D eigenvalue weighted by atomic mass is 9.93. The molecule has 0 spiro atoms. The Hall–Kier alpha value is -5.18. The average Bonchev–Trinajstić information content (AvgIpc) is 3.02. The highest BCUT2D eigenvalue weighted by molar-refractivity contribution is 6.02. The summed E-state index contributed by atoms with van der Waals surface area (Å²) in [4.78, 5) is 37.8. The number of carboxylic acids is 1. The number of carbonyl (C=O) groups is 3. The number of benzene rings is 3. The van der Waals surface area contributed by atoms with Crippen molar-refractivity contribution in [1.82, 2.24) is 5.32 Å². The smallest absolute Gasteiger partial charge is 0.416 e. The fourth-order valence-electron chi connectivity index (χ4n) is 4.67. The van der Waals surface area contributed by atoms with Gasteiger partial charge in [-0.25, -0.2) is 14.0 Å². The minimum atomic E-state index is -4.73. The van der Waals surface area contributed by atoms with Crippen LogP contribution >= 0.6 is 0 Å². The van der Waals surface area contributed by atoms with Gasteiger partial charge in [0.15, 0.2) is 0 Å². The third-order valence-corrected chi connectivity index (χ3v) is 6.99. The van der Waals surface area contributed by atoms with Crippen molar-refractivity contribution in [3.05, 3.63) is 101 Å². The SMILES string of the molecule is N#Cc1cc(NC(=O)N(Cc2ccc(C(=O)NCC(F)C(=O)O)cc2)c2ccc(C3=CCCCC3)cc2)cc(C(F)(F)F)c1. The molecule has 0 saturated carbocycles. The second kappa shape index (κ2) is 13.9. The maximum atomic E-state index is 13.5. The maximum absolute atomic E-state index is 13.5. The Morgan fingerprint density at radius 3 is 2.30 bits per heavy atom. The van der Waals surface area contributed by atoms with Crippen molar-refractivity contribution in [2.75, 3.05) is 16.8 Å². The first-order valence-corrected chi connectivity index (χ1v) is 13.7. The van der Waals surface area contributed by atoms with Crippen LogP contribution in [0.25, 0.3) is 5.57 Å². The monoisotopic (exact) mass is 608 g/mol. The Kier molecular flexibility index (Phi) is 10.0. The van der Waals surface area contributed by atoms with Crippen LogP contribution in [0.1, 0.15) is 58.3 Å². The molecule has 0 heterocycles.